The first-order valence-corrected chi connectivity index (χ1v) is 4.37. The first-order chi connectivity index (χ1) is 6.16. The largest absolute Gasteiger partial charge is 0.271 e. The second-order valence-corrected chi connectivity index (χ2v) is 3.41. The summed E-state index contributed by atoms with van der Waals surface area (Å²) in [6.45, 7) is 3.99. The van der Waals surface area contributed by atoms with E-state index in [0.29, 0.717) is 5.56 Å². The number of hydrazine groups is 1. The highest BCUT2D eigenvalue weighted by molar-refractivity contribution is 5.21. The summed E-state index contributed by atoms with van der Waals surface area (Å²) >= 11 is 0. The molecule has 0 aliphatic rings. The zero-order valence-electron chi connectivity index (χ0n) is 7.92. The smallest absolute Gasteiger partial charge is 0.128 e. The second kappa shape index (κ2) is 4.35. The second-order valence-electron chi connectivity index (χ2n) is 3.41. The van der Waals surface area contributed by atoms with Crippen LogP contribution in [0, 0.1) is 11.7 Å². The van der Waals surface area contributed by atoms with Gasteiger partial charge in [-0.15, -0.1) is 0 Å². The number of nitrogens with two attached hydrogens (primary N) is 1. The minimum absolute atomic E-state index is 0.124. The monoisotopic (exact) mass is 182 g/mol. The molecule has 0 amide bonds. The Kier molecular flexibility index (Phi) is 3.39. The lowest BCUT2D eigenvalue weighted by Crippen LogP contribution is -2.32. The fourth-order valence-electron chi connectivity index (χ4n) is 1.37. The highest BCUT2D eigenvalue weighted by atomic mass is 19.1. The first kappa shape index (κ1) is 10.2. The molecule has 3 heteroatoms. The third-order valence-electron chi connectivity index (χ3n) is 2.09. The maximum atomic E-state index is 13.3. The van der Waals surface area contributed by atoms with Crippen LogP contribution < -0.4 is 11.3 Å². The van der Waals surface area contributed by atoms with Crippen LogP contribution in [0.2, 0.25) is 0 Å². The van der Waals surface area contributed by atoms with Gasteiger partial charge in [0.2, 0.25) is 0 Å². The topological polar surface area (TPSA) is 38.0 Å². The number of hydrogen-bond acceptors (Lipinski definition) is 2. The van der Waals surface area contributed by atoms with E-state index >= 15 is 0 Å². The summed E-state index contributed by atoms with van der Waals surface area (Å²) in [7, 11) is 0. The molecule has 0 saturated heterocycles. The van der Waals surface area contributed by atoms with Gasteiger partial charge < -0.3 is 0 Å². The molecule has 0 aliphatic heterocycles. The van der Waals surface area contributed by atoms with Crippen LogP contribution in [0.3, 0.4) is 0 Å². The standard InChI is InChI=1S/C10H15FN2/c1-7(2)10(13-12)8-5-3-4-6-9(8)11/h3-7,10,13H,12H2,1-2H3. The third kappa shape index (κ3) is 2.26. The van der Waals surface area contributed by atoms with E-state index in [2.05, 4.69) is 5.43 Å². The minimum Gasteiger partial charge on any atom is -0.271 e. The van der Waals surface area contributed by atoms with E-state index in [9.17, 15) is 4.39 Å². The zero-order valence-corrected chi connectivity index (χ0v) is 7.92. The fraction of sp³-hybridized carbons (Fsp3) is 0.400. The molecule has 1 aromatic rings. The Morgan fingerprint density at radius 2 is 1.92 bits per heavy atom. The van der Waals surface area contributed by atoms with Gasteiger partial charge in [0.25, 0.3) is 0 Å². The molecule has 0 heterocycles. The fourth-order valence-corrected chi connectivity index (χ4v) is 1.37. The molecular weight excluding hydrogens is 167 g/mol. The number of rotatable bonds is 3. The van der Waals surface area contributed by atoms with E-state index in [-0.39, 0.29) is 17.8 Å². The minimum atomic E-state index is -0.209. The predicted octanol–water partition coefficient (Wildman–Crippen LogP) is 1.99. The average Bonchev–Trinajstić information content (AvgIpc) is 2.09. The lowest BCUT2D eigenvalue weighted by molar-refractivity contribution is 0.405. The molecule has 0 spiro atoms. The van der Waals surface area contributed by atoms with Gasteiger partial charge in [-0.1, -0.05) is 32.0 Å². The summed E-state index contributed by atoms with van der Waals surface area (Å²) in [6.07, 6.45) is 0. The van der Waals surface area contributed by atoms with Crippen molar-refractivity contribution >= 4 is 0 Å². The third-order valence-corrected chi connectivity index (χ3v) is 2.09. The summed E-state index contributed by atoms with van der Waals surface area (Å²) in [5.74, 6) is 5.41. The molecule has 1 unspecified atom stereocenters. The summed E-state index contributed by atoms with van der Waals surface area (Å²) in [5, 5.41) is 0. The van der Waals surface area contributed by atoms with Crippen LogP contribution in [0.15, 0.2) is 24.3 Å². The van der Waals surface area contributed by atoms with Gasteiger partial charge in [0.05, 0.1) is 6.04 Å². The first-order valence-electron chi connectivity index (χ1n) is 4.37. The van der Waals surface area contributed by atoms with Crippen molar-refractivity contribution in [2.75, 3.05) is 0 Å². The van der Waals surface area contributed by atoms with Crippen LogP contribution in [-0.2, 0) is 0 Å². The molecule has 1 atom stereocenters. The maximum Gasteiger partial charge on any atom is 0.128 e. The van der Waals surface area contributed by atoms with E-state index < -0.39 is 0 Å². The Balaban J connectivity index is 2.97. The van der Waals surface area contributed by atoms with Gasteiger partial charge in [0.15, 0.2) is 0 Å². The molecule has 1 rings (SSSR count). The Morgan fingerprint density at radius 1 is 1.31 bits per heavy atom. The van der Waals surface area contributed by atoms with E-state index in [4.69, 9.17) is 5.84 Å². The van der Waals surface area contributed by atoms with Crippen LogP contribution in [-0.4, -0.2) is 0 Å². The summed E-state index contributed by atoms with van der Waals surface area (Å²) in [5.41, 5.74) is 3.24. The van der Waals surface area contributed by atoms with Gasteiger partial charge in [-0.05, 0) is 12.0 Å². The van der Waals surface area contributed by atoms with Crippen molar-refractivity contribution in [3.05, 3.63) is 35.6 Å². The Labute approximate surface area is 77.9 Å². The van der Waals surface area contributed by atoms with E-state index in [0.717, 1.165) is 0 Å². The molecule has 0 saturated carbocycles. The number of nitrogens with one attached hydrogen (secondary N) is 1. The average molecular weight is 182 g/mol. The molecule has 3 N–H and O–H groups in total. The van der Waals surface area contributed by atoms with Crippen molar-refractivity contribution < 1.29 is 4.39 Å². The lowest BCUT2D eigenvalue weighted by atomic mass is 9.96. The van der Waals surface area contributed by atoms with Gasteiger partial charge in [0, 0.05) is 5.56 Å². The molecule has 0 aliphatic carbocycles. The van der Waals surface area contributed by atoms with E-state index in [1.165, 1.54) is 6.07 Å². The molecule has 1 aromatic carbocycles. The molecule has 0 fully saturated rings. The number of halogens is 1. The molecule has 0 radical (unpaired) electrons. The zero-order chi connectivity index (χ0) is 9.84. The Morgan fingerprint density at radius 3 is 2.38 bits per heavy atom. The van der Waals surface area contributed by atoms with Crippen LogP contribution in [0.25, 0.3) is 0 Å². The van der Waals surface area contributed by atoms with Gasteiger partial charge in [-0.25, -0.2) is 4.39 Å². The highest BCUT2D eigenvalue weighted by Crippen LogP contribution is 2.22. The van der Waals surface area contributed by atoms with Crippen LogP contribution >= 0.6 is 0 Å². The van der Waals surface area contributed by atoms with Crippen LogP contribution in [0.5, 0.6) is 0 Å². The summed E-state index contributed by atoms with van der Waals surface area (Å²) < 4.78 is 13.3. The van der Waals surface area contributed by atoms with Gasteiger partial charge >= 0.3 is 0 Å². The van der Waals surface area contributed by atoms with E-state index in [1.54, 1.807) is 12.1 Å². The number of benzene rings is 1. The molecule has 0 aromatic heterocycles. The normalized spacial score (nSPS) is 13.3. The van der Waals surface area contributed by atoms with Crippen molar-refractivity contribution in [2.45, 2.75) is 19.9 Å². The molecule has 2 nitrogen and oxygen atoms in total. The van der Waals surface area contributed by atoms with Crippen molar-refractivity contribution in [2.24, 2.45) is 11.8 Å². The summed E-state index contributed by atoms with van der Waals surface area (Å²) in [6, 6.07) is 6.56. The van der Waals surface area contributed by atoms with Gasteiger partial charge in [-0.3, -0.25) is 11.3 Å². The molecule has 13 heavy (non-hydrogen) atoms. The highest BCUT2D eigenvalue weighted by Gasteiger charge is 2.16. The van der Waals surface area contributed by atoms with Crippen LogP contribution in [0.4, 0.5) is 4.39 Å². The quantitative estimate of drug-likeness (QED) is 0.554. The molecule has 72 valence electrons. The van der Waals surface area contributed by atoms with Crippen molar-refractivity contribution in [3.8, 4) is 0 Å². The SMILES string of the molecule is CC(C)C(NN)c1ccccc1F. The molecule has 0 bridgehead atoms. The van der Waals surface area contributed by atoms with Crippen LogP contribution in [0.1, 0.15) is 25.5 Å². The van der Waals surface area contributed by atoms with Crippen molar-refractivity contribution in [1.82, 2.24) is 5.43 Å². The lowest BCUT2D eigenvalue weighted by Gasteiger charge is -2.20. The molecular formula is C10H15FN2. The Hall–Kier alpha value is -0.930. The Bertz CT molecular complexity index is 273. The predicted molar refractivity (Wildman–Crippen MR) is 51.3 cm³/mol. The van der Waals surface area contributed by atoms with E-state index in [1.807, 2.05) is 19.9 Å². The number of hydrogen-bond donors (Lipinski definition) is 2. The van der Waals surface area contributed by atoms with Crippen molar-refractivity contribution in [1.29, 1.82) is 0 Å². The van der Waals surface area contributed by atoms with Gasteiger partial charge in [-0.2, -0.15) is 0 Å². The van der Waals surface area contributed by atoms with Gasteiger partial charge in [0.1, 0.15) is 5.82 Å². The summed E-state index contributed by atoms with van der Waals surface area (Å²) in [4.78, 5) is 0. The maximum absolute atomic E-state index is 13.3. The van der Waals surface area contributed by atoms with Crippen molar-refractivity contribution in [3.63, 3.8) is 0 Å².